The summed E-state index contributed by atoms with van der Waals surface area (Å²) < 4.78 is 0. The summed E-state index contributed by atoms with van der Waals surface area (Å²) >= 11 is 0. The smallest absolute Gasteiger partial charge is 0.0638 e. The van der Waals surface area contributed by atoms with Crippen LogP contribution in [0.5, 0.6) is 0 Å². The summed E-state index contributed by atoms with van der Waals surface area (Å²) in [7, 11) is 4.21. The lowest BCUT2D eigenvalue weighted by Crippen LogP contribution is -2.45. The number of rotatable bonds is 6. The number of aliphatic hydroxyl groups is 1. The summed E-state index contributed by atoms with van der Waals surface area (Å²) in [6.45, 7) is 8.44. The molecule has 0 aromatic rings. The van der Waals surface area contributed by atoms with Crippen molar-refractivity contribution in [3.63, 3.8) is 0 Å². The van der Waals surface area contributed by atoms with Crippen molar-refractivity contribution in [3.05, 3.63) is 0 Å². The van der Waals surface area contributed by atoms with Crippen molar-refractivity contribution in [1.29, 1.82) is 0 Å². The molecule has 0 bridgehead atoms. The molecule has 3 nitrogen and oxygen atoms in total. The van der Waals surface area contributed by atoms with E-state index >= 15 is 0 Å². The van der Waals surface area contributed by atoms with Crippen LogP contribution >= 0.6 is 0 Å². The van der Waals surface area contributed by atoms with Gasteiger partial charge in [0.25, 0.3) is 0 Å². The fourth-order valence-corrected chi connectivity index (χ4v) is 3.41. The fourth-order valence-electron chi connectivity index (χ4n) is 3.41. The Labute approximate surface area is 113 Å². The predicted molar refractivity (Wildman–Crippen MR) is 77.7 cm³/mol. The van der Waals surface area contributed by atoms with E-state index < -0.39 is 0 Å². The molecule has 18 heavy (non-hydrogen) atoms. The van der Waals surface area contributed by atoms with Crippen LogP contribution in [0.4, 0.5) is 0 Å². The zero-order valence-corrected chi connectivity index (χ0v) is 12.8. The van der Waals surface area contributed by atoms with Crippen molar-refractivity contribution >= 4 is 0 Å². The van der Waals surface area contributed by atoms with Gasteiger partial charge in [-0.05, 0) is 58.0 Å². The molecule has 2 N–H and O–H groups in total. The predicted octanol–water partition coefficient (Wildman–Crippen LogP) is 1.96. The first-order valence-electron chi connectivity index (χ1n) is 7.47. The lowest BCUT2D eigenvalue weighted by Gasteiger charge is -2.39. The summed E-state index contributed by atoms with van der Waals surface area (Å²) in [6, 6.07) is 0.649. The van der Waals surface area contributed by atoms with Gasteiger partial charge < -0.3 is 15.3 Å². The second-order valence-corrected chi connectivity index (χ2v) is 6.54. The minimum Gasteiger partial charge on any atom is -0.392 e. The maximum atomic E-state index is 9.46. The van der Waals surface area contributed by atoms with Crippen LogP contribution in [-0.4, -0.2) is 49.3 Å². The molecule has 1 rings (SSSR count). The Morgan fingerprint density at radius 3 is 2.44 bits per heavy atom. The molecule has 0 radical (unpaired) electrons. The Morgan fingerprint density at radius 2 is 1.94 bits per heavy atom. The van der Waals surface area contributed by atoms with Crippen molar-refractivity contribution in [3.8, 4) is 0 Å². The molecule has 0 aromatic carbocycles. The monoisotopic (exact) mass is 256 g/mol. The van der Waals surface area contributed by atoms with Crippen molar-refractivity contribution in [2.24, 2.45) is 17.8 Å². The van der Waals surface area contributed by atoms with Crippen LogP contribution in [0.15, 0.2) is 0 Å². The molecule has 1 saturated carbocycles. The first-order chi connectivity index (χ1) is 8.43. The number of hydrogen-bond donors (Lipinski definition) is 2. The quantitative estimate of drug-likeness (QED) is 0.762. The van der Waals surface area contributed by atoms with Gasteiger partial charge in [0.2, 0.25) is 0 Å². The minimum atomic E-state index is -0.229. The summed E-state index contributed by atoms with van der Waals surface area (Å²) in [6.07, 6.45) is 3.76. The lowest BCUT2D eigenvalue weighted by atomic mass is 9.73. The van der Waals surface area contributed by atoms with E-state index in [4.69, 9.17) is 0 Å². The van der Waals surface area contributed by atoms with Gasteiger partial charge in [0.05, 0.1) is 6.10 Å². The Hall–Kier alpha value is -0.120. The van der Waals surface area contributed by atoms with Crippen LogP contribution in [0.3, 0.4) is 0 Å². The Morgan fingerprint density at radius 1 is 1.28 bits per heavy atom. The fraction of sp³-hybridized carbons (Fsp3) is 1.00. The summed E-state index contributed by atoms with van der Waals surface area (Å²) in [5, 5.41) is 12.9. The van der Waals surface area contributed by atoms with E-state index in [0.29, 0.717) is 6.04 Å². The average Bonchev–Trinajstić information content (AvgIpc) is 2.27. The molecule has 4 unspecified atom stereocenters. The van der Waals surface area contributed by atoms with Gasteiger partial charge in [-0.25, -0.2) is 0 Å². The maximum Gasteiger partial charge on any atom is 0.0638 e. The number of aliphatic hydroxyl groups excluding tert-OH is 1. The molecule has 108 valence electrons. The topological polar surface area (TPSA) is 35.5 Å². The van der Waals surface area contributed by atoms with Gasteiger partial charge in [-0.15, -0.1) is 0 Å². The molecule has 0 aliphatic heterocycles. The highest BCUT2D eigenvalue weighted by Crippen LogP contribution is 2.34. The molecule has 1 fully saturated rings. The second kappa shape index (κ2) is 7.46. The lowest BCUT2D eigenvalue weighted by molar-refractivity contribution is 0.0999. The van der Waals surface area contributed by atoms with Crippen LogP contribution in [-0.2, 0) is 0 Å². The molecule has 0 heterocycles. The number of hydrogen-bond acceptors (Lipinski definition) is 3. The Bertz CT molecular complexity index is 231. The third-order valence-corrected chi connectivity index (χ3v) is 4.46. The van der Waals surface area contributed by atoms with E-state index in [9.17, 15) is 5.11 Å². The number of nitrogens with one attached hydrogen (secondary N) is 1. The van der Waals surface area contributed by atoms with Gasteiger partial charge in [0, 0.05) is 19.1 Å². The first kappa shape index (κ1) is 15.9. The van der Waals surface area contributed by atoms with Crippen LogP contribution in [0, 0.1) is 17.8 Å². The van der Waals surface area contributed by atoms with Gasteiger partial charge >= 0.3 is 0 Å². The first-order valence-corrected chi connectivity index (χ1v) is 7.47. The van der Waals surface area contributed by atoms with E-state index in [1.165, 1.54) is 19.3 Å². The van der Waals surface area contributed by atoms with E-state index in [2.05, 4.69) is 38.2 Å². The summed E-state index contributed by atoms with van der Waals surface area (Å²) in [5.41, 5.74) is 0. The van der Waals surface area contributed by atoms with E-state index in [1.54, 1.807) is 0 Å². The number of likely N-dealkylation sites (N-methyl/N-ethyl adjacent to an activating group) is 1. The summed E-state index contributed by atoms with van der Waals surface area (Å²) in [5.74, 6) is 2.40. The highest BCUT2D eigenvalue weighted by Gasteiger charge is 2.31. The Kier molecular flexibility index (Phi) is 6.61. The minimum absolute atomic E-state index is 0.229. The summed E-state index contributed by atoms with van der Waals surface area (Å²) in [4.78, 5) is 2.28. The molecule has 4 atom stereocenters. The molecule has 0 amide bonds. The standard InChI is InChI=1S/C15H32N2O/c1-11(2)13-6-7-15(16-4)14(8-13)10-17(5)9-12(3)18/h11-16,18H,6-10H2,1-5H3. The zero-order chi connectivity index (χ0) is 13.7. The normalized spacial score (nSPS) is 31.0. The van der Waals surface area contributed by atoms with Gasteiger partial charge in [0.1, 0.15) is 0 Å². The molecule has 0 spiro atoms. The van der Waals surface area contributed by atoms with Gasteiger partial charge in [-0.3, -0.25) is 0 Å². The van der Waals surface area contributed by atoms with Gasteiger partial charge in [0.15, 0.2) is 0 Å². The Balaban J connectivity index is 2.52. The molecular formula is C15H32N2O. The highest BCUT2D eigenvalue weighted by molar-refractivity contribution is 4.86. The van der Waals surface area contributed by atoms with Gasteiger partial charge in [-0.1, -0.05) is 13.8 Å². The van der Waals surface area contributed by atoms with Crippen LogP contribution in [0.25, 0.3) is 0 Å². The van der Waals surface area contributed by atoms with Gasteiger partial charge in [-0.2, -0.15) is 0 Å². The van der Waals surface area contributed by atoms with Crippen molar-refractivity contribution in [1.82, 2.24) is 10.2 Å². The number of nitrogens with zero attached hydrogens (tertiary/aromatic N) is 1. The molecule has 3 heteroatoms. The molecule has 1 aliphatic carbocycles. The van der Waals surface area contributed by atoms with E-state index in [1.807, 2.05) is 6.92 Å². The van der Waals surface area contributed by atoms with Crippen molar-refractivity contribution < 1.29 is 5.11 Å². The van der Waals surface area contributed by atoms with Crippen LogP contribution < -0.4 is 5.32 Å². The molecule has 0 saturated heterocycles. The SMILES string of the molecule is CNC1CCC(C(C)C)CC1CN(C)CC(C)O. The average molecular weight is 256 g/mol. The third-order valence-electron chi connectivity index (χ3n) is 4.46. The second-order valence-electron chi connectivity index (χ2n) is 6.54. The van der Waals surface area contributed by atoms with Crippen molar-refractivity contribution in [2.75, 3.05) is 27.2 Å². The molecular weight excluding hydrogens is 224 g/mol. The molecule has 1 aliphatic rings. The molecule has 0 aromatic heterocycles. The van der Waals surface area contributed by atoms with Crippen LogP contribution in [0.2, 0.25) is 0 Å². The largest absolute Gasteiger partial charge is 0.392 e. The van der Waals surface area contributed by atoms with Crippen LogP contribution in [0.1, 0.15) is 40.0 Å². The maximum absolute atomic E-state index is 9.46. The highest BCUT2D eigenvalue weighted by atomic mass is 16.3. The zero-order valence-electron chi connectivity index (χ0n) is 12.8. The third kappa shape index (κ3) is 4.87. The van der Waals surface area contributed by atoms with E-state index in [-0.39, 0.29) is 6.10 Å². The van der Waals surface area contributed by atoms with Crippen molar-refractivity contribution in [2.45, 2.75) is 52.2 Å². The van der Waals surface area contributed by atoms with E-state index in [0.717, 1.165) is 30.8 Å².